The van der Waals surface area contributed by atoms with Crippen molar-refractivity contribution in [3.05, 3.63) is 0 Å². The van der Waals surface area contributed by atoms with Crippen LogP contribution < -0.4 is 16.0 Å². The average Bonchev–Trinajstić information content (AvgIpc) is 2.44. The number of hydrogen-bond acceptors (Lipinski definition) is 4. The summed E-state index contributed by atoms with van der Waals surface area (Å²) in [4.78, 5) is 23.3. The van der Waals surface area contributed by atoms with Crippen LogP contribution in [-0.2, 0) is 4.79 Å². The van der Waals surface area contributed by atoms with E-state index in [0.29, 0.717) is 13.0 Å². The topological polar surface area (TPSA) is 70.2 Å². The third-order valence-electron chi connectivity index (χ3n) is 3.23. The van der Waals surface area contributed by atoms with Crippen LogP contribution in [0.1, 0.15) is 46.5 Å². The number of thioether (sulfide) groups is 1. The monoisotopic (exact) mass is 317 g/mol. The van der Waals surface area contributed by atoms with Crippen LogP contribution in [0.25, 0.3) is 0 Å². The molecule has 0 radical (unpaired) electrons. The number of Topliss-reactive ketones (excluding diaryl/α,β-unsaturated/α-hetero) is 1. The number of carbonyl (C=O) groups is 2. The molecule has 0 aliphatic carbocycles. The van der Waals surface area contributed by atoms with Gasteiger partial charge in [0.2, 0.25) is 0 Å². The zero-order valence-corrected chi connectivity index (χ0v) is 14.7. The number of rotatable bonds is 12. The predicted octanol–water partition coefficient (Wildman–Crippen LogP) is 2.17. The van der Waals surface area contributed by atoms with Crippen LogP contribution in [0.5, 0.6) is 0 Å². The smallest absolute Gasteiger partial charge is 0.315 e. The van der Waals surface area contributed by atoms with Gasteiger partial charge >= 0.3 is 6.03 Å². The van der Waals surface area contributed by atoms with Gasteiger partial charge < -0.3 is 16.0 Å². The van der Waals surface area contributed by atoms with E-state index >= 15 is 0 Å². The Kier molecular flexibility index (Phi) is 11.4. The van der Waals surface area contributed by atoms with Gasteiger partial charge in [0.25, 0.3) is 0 Å². The van der Waals surface area contributed by atoms with Crippen LogP contribution in [0.3, 0.4) is 0 Å². The van der Waals surface area contributed by atoms with E-state index in [0.717, 1.165) is 13.1 Å². The van der Waals surface area contributed by atoms with E-state index in [1.54, 1.807) is 20.8 Å². The fourth-order valence-corrected chi connectivity index (χ4v) is 2.40. The maximum Gasteiger partial charge on any atom is 0.315 e. The predicted molar refractivity (Wildman–Crippen MR) is 91.0 cm³/mol. The second-order valence-corrected chi connectivity index (χ2v) is 6.57. The van der Waals surface area contributed by atoms with Crippen molar-refractivity contribution in [1.82, 2.24) is 16.0 Å². The van der Waals surface area contributed by atoms with E-state index in [1.165, 1.54) is 25.0 Å². The molecule has 124 valence electrons. The standard InChI is InChI=1S/C15H31N3O2S/c1-5-13(19)15(2,3)18-14(20)17-11-10-16-9-7-6-8-12-21-4/h16H,5-12H2,1-4H3,(H2,17,18,20). The number of unbranched alkanes of at least 4 members (excludes halogenated alkanes) is 2. The second-order valence-electron chi connectivity index (χ2n) is 5.59. The van der Waals surface area contributed by atoms with Gasteiger partial charge in [-0.05, 0) is 45.2 Å². The van der Waals surface area contributed by atoms with Gasteiger partial charge in [-0.2, -0.15) is 11.8 Å². The first-order valence-electron chi connectivity index (χ1n) is 7.73. The summed E-state index contributed by atoms with van der Waals surface area (Å²) >= 11 is 1.89. The summed E-state index contributed by atoms with van der Waals surface area (Å²) in [7, 11) is 0. The van der Waals surface area contributed by atoms with Crippen molar-refractivity contribution >= 4 is 23.6 Å². The molecular weight excluding hydrogens is 286 g/mol. The number of ketones is 1. The quantitative estimate of drug-likeness (QED) is 0.483. The minimum Gasteiger partial charge on any atom is -0.337 e. The Morgan fingerprint density at radius 3 is 2.38 bits per heavy atom. The normalized spacial score (nSPS) is 11.2. The Morgan fingerprint density at radius 1 is 1.05 bits per heavy atom. The van der Waals surface area contributed by atoms with Gasteiger partial charge in [0.05, 0.1) is 5.54 Å². The molecule has 0 rings (SSSR count). The summed E-state index contributed by atoms with van der Waals surface area (Å²) < 4.78 is 0. The van der Waals surface area contributed by atoms with Crippen LogP contribution in [0.2, 0.25) is 0 Å². The van der Waals surface area contributed by atoms with Crippen molar-refractivity contribution in [2.45, 2.75) is 52.0 Å². The molecule has 0 atom stereocenters. The lowest BCUT2D eigenvalue weighted by Gasteiger charge is -2.24. The highest BCUT2D eigenvalue weighted by Crippen LogP contribution is 2.06. The van der Waals surface area contributed by atoms with Gasteiger partial charge in [-0.25, -0.2) is 4.79 Å². The lowest BCUT2D eigenvalue weighted by atomic mass is 9.97. The minimum absolute atomic E-state index is 0.0287. The molecule has 0 spiro atoms. The van der Waals surface area contributed by atoms with E-state index < -0.39 is 5.54 Å². The molecule has 0 aromatic rings. The highest BCUT2D eigenvalue weighted by Gasteiger charge is 2.27. The number of amides is 2. The highest BCUT2D eigenvalue weighted by atomic mass is 32.2. The molecule has 0 aliphatic heterocycles. The van der Waals surface area contributed by atoms with Crippen molar-refractivity contribution in [2.24, 2.45) is 0 Å². The molecule has 0 bridgehead atoms. The van der Waals surface area contributed by atoms with Gasteiger partial charge in [-0.1, -0.05) is 13.3 Å². The summed E-state index contributed by atoms with van der Waals surface area (Å²) in [5, 5.41) is 8.76. The maximum absolute atomic E-state index is 11.7. The van der Waals surface area contributed by atoms with Crippen molar-refractivity contribution in [1.29, 1.82) is 0 Å². The molecule has 5 nitrogen and oxygen atoms in total. The molecule has 6 heteroatoms. The first-order valence-corrected chi connectivity index (χ1v) is 9.12. The number of hydrogen-bond donors (Lipinski definition) is 3. The van der Waals surface area contributed by atoms with Crippen molar-refractivity contribution in [2.75, 3.05) is 31.6 Å². The number of nitrogens with one attached hydrogen (secondary N) is 3. The Bertz CT molecular complexity index is 309. The molecule has 0 saturated carbocycles. The Morgan fingerprint density at radius 2 is 1.76 bits per heavy atom. The summed E-state index contributed by atoms with van der Waals surface area (Å²) in [5.41, 5.74) is -0.802. The van der Waals surface area contributed by atoms with Crippen LogP contribution in [-0.4, -0.2) is 49.0 Å². The molecule has 3 N–H and O–H groups in total. The summed E-state index contributed by atoms with van der Waals surface area (Å²) in [5.74, 6) is 1.26. The molecule has 2 amide bonds. The molecule has 21 heavy (non-hydrogen) atoms. The zero-order valence-electron chi connectivity index (χ0n) is 13.9. The van der Waals surface area contributed by atoms with Crippen molar-refractivity contribution < 1.29 is 9.59 Å². The molecule has 0 aromatic heterocycles. The molecule has 0 aromatic carbocycles. The van der Waals surface area contributed by atoms with E-state index in [4.69, 9.17) is 0 Å². The van der Waals surface area contributed by atoms with Gasteiger partial charge in [-0.3, -0.25) is 4.79 Å². The Labute approximate surface area is 133 Å². The average molecular weight is 317 g/mol. The molecule has 0 heterocycles. The van der Waals surface area contributed by atoms with E-state index in [-0.39, 0.29) is 11.8 Å². The third kappa shape index (κ3) is 10.6. The van der Waals surface area contributed by atoms with Crippen molar-refractivity contribution in [3.63, 3.8) is 0 Å². The SMILES string of the molecule is CCC(=O)C(C)(C)NC(=O)NCCNCCCCCSC. The Hall–Kier alpha value is -0.750. The lowest BCUT2D eigenvalue weighted by molar-refractivity contribution is -0.123. The first-order chi connectivity index (χ1) is 9.94. The summed E-state index contributed by atoms with van der Waals surface area (Å²) in [6.45, 7) is 7.55. The summed E-state index contributed by atoms with van der Waals surface area (Å²) in [6.07, 6.45) is 6.24. The number of carbonyl (C=O) groups excluding carboxylic acids is 2. The van der Waals surface area contributed by atoms with Crippen LogP contribution in [0.4, 0.5) is 4.79 Å². The van der Waals surface area contributed by atoms with Gasteiger partial charge in [0.1, 0.15) is 0 Å². The number of urea groups is 1. The first kappa shape index (κ1) is 20.2. The largest absolute Gasteiger partial charge is 0.337 e. The Balaban J connectivity index is 3.56. The minimum atomic E-state index is -0.802. The zero-order chi connectivity index (χ0) is 16.1. The highest BCUT2D eigenvalue weighted by molar-refractivity contribution is 7.98. The second kappa shape index (κ2) is 11.9. The fourth-order valence-electron chi connectivity index (χ4n) is 1.90. The lowest BCUT2D eigenvalue weighted by Crippen LogP contribution is -2.53. The molecule has 0 fully saturated rings. The van der Waals surface area contributed by atoms with Crippen molar-refractivity contribution in [3.8, 4) is 0 Å². The fraction of sp³-hybridized carbons (Fsp3) is 0.867. The molecule has 0 unspecified atom stereocenters. The molecule has 0 saturated heterocycles. The van der Waals surface area contributed by atoms with E-state index in [9.17, 15) is 9.59 Å². The maximum atomic E-state index is 11.7. The van der Waals surface area contributed by atoms with Crippen LogP contribution in [0.15, 0.2) is 0 Å². The molecular formula is C15H31N3O2S. The molecule has 0 aliphatic rings. The van der Waals surface area contributed by atoms with Gasteiger partial charge in [0.15, 0.2) is 5.78 Å². The van der Waals surface area contributed by atoms with Crippen LogP contribution >= 0.6 is 11.8 Å². The van der Waals surface area contributed by atoms with E-state index in [1.807, 2.05) is 11.8 Å². The van der Waals surface area contributed by atoms with Gasteiger partial charge in [0, 0.05) is 19.5 Å². The summed E-state index contributed by atoms with van der Waals surface area (Å²) in [6, 6.07) is -0.288. The van der Waals surface area contributed by atoms with E-state index in [2.05, 4.69) is 22.2 Å². The van der Waals surface area contributed by atoms with Gasteiger partial charge in [-0.15, -0.1) is 0 Å². The third-order valence-corrected chi connectivity index (χ3v) is 3.93. The van der Waals surface area contributed by atoms with Crippen LogP contribution in [0, 0.1) is 0 Å².